The van der Waals surface area contributed by atoms with Crippen LogP contribution in [-0.2, 0) is 4.74 Å². The van der Waals surface area contributed by atoms with Crippen molar-refractivity contribution < 1.29 is 9.53 Å². The van der Waals surface area contributed by atoms with Crippen LogP contribution in [0.5, 0.6) is 0 Å². The van der Waals surface area contributed by atoms with E-state index < -0.39 is 0 Å². The summed E-state index contributed by atoms with van der Waals surface area (Å²) >= 11 is 10.1. The Labute approximate surface area is 106 Å². The van der Waals surface area contributed by atoms with Crippen molar-refractivity contribution in [2.45, 2.75) is 11.8 Å². The number of carbonyl (C=O) groups excluding carboxylic acids is 1. The van der Waals surface area contributed by atoms with Crippen LogP contribution in [0.1, 0.15) is 17.3 Å². The summed E-state index contributed by atoms with van der Waals surface area (Å²) < 4.78 is 5.11. The van der Waals surface area contributed by atoms with Gasteiger partial charge in [-0.2, -0.15) is 0 Å². The minimum Gasteiger partial charge on any atom is -0.380 e. The highest BCUT2D eigenvalue weighted by Crippen LogP contribution is 2.19. The molecule has 1 N–H and O–H groups in total. The molecule has 0 aliphatic carbocycles. The largest absolute Gasteiger partial charge is 0.380 e. The summed E-state index contributed by atoms with van der Waals surface area (Å²) in [4.78, 5) is 12.4. The van der Waals surface area contributed by atoms with E-state index in [9.17, 15) is 4.79 Å². The van der Waals surface area contributed by atoms with E-state index in [1.165, 1.54) is 0 Å². The normalized spacial score (nSPS) is 10.2. The van der Waals surface area contributed by atoms with Crippen molar-refractivity contribution >= 4 is 30.1 Å². The molecule has 0 fully saturated rings. The lowest BCUT2D eigenvalue weighted by Crippen LogP contribution is -2.27. The van der Waals surface area contributed by atoms with Crippen molar-refractivity contribution in [1.29, 1.82) is 0 Å². The Morgan fingerprint density at radius 3 is 3.00 bits per heavy atom. The van der Waals surface area contributed by atoms with Crippen molar-refractivity contribution in [2.75, 3.05) is 19.8 Å². The van der Waals surface area contributed by atoms with E-state index in [-0.39, 0.29) is 5.91 Å². The number of benzene rings is 1. The van der Waals surface area contributed by atoms with Crippen LogP contribution in [0.15, 0.2) is 23.1 Å². The number of ether oxygens (including phenoxy) is 1. The van der Waals surface area contributed by atoms with E-state index in [1.54, 1.807) is 18.2 Å². The Bertz CT molecular complexity index is 371. The first kappa shape index (κ1) is 13.4. The first-order valence-corrected chi connectivity index (χ1v) is 5.82. The molecule has 0 aliphatic rings. The van der Waals surface area contributed by atoms with Crippen LogP contribution in [0.25, 0.3) is 0 Å². The third-order valence-electron chi connectivity index (χ3n) is 1.93. The van der Waals surface area contributed by atoms with E-state index >= 15 is 0 Å². The molecule has 1 aromatic carbocycles. The standard InChI is InChI=1S/C11H14ClNO2S/c1-2-15-6-5-13-11(14)9-7-8(16)3-4-10(9)12/h3-4,7,16H,2,5-6H2,1H3,(H,13,14). The molecule has 1 rings (SSSR count). The molecule has 16 heavy (non-hydrogen) atoms. The highest BCUT2D eigenvalue weighted by molar-refractivity contribution is 7.80. The van der Waals surface area contributed by atoms with Crippen molar-refractivity contribution in [2.24, 2.45) is 0 Å². The smallest absolute Gasteiger partial charge is 0.252 e. The van der Waals surface area contributed by atoms with Gasteiger partial charge in [0.1, 0.15) is 0 Å². The molecule has 0 radical (unpaired) electrons. The van der Waals surface area contributed by atoms with Gasteiger partial charge in [-0.05, 0) is 25.1 Å². The second kappa shape index (κ2) is 6.78. The number of hydrogen-bond acceptors (Lipinski definition) is 3. The Kier molecular flexibility index (Phi) is 5.66. The summed E-state index contributed by atoms with van der Waals surface area (Å²) in [5.41, 5.74) is 0.436. The van der Waals surface area contributed by atoms with Gasteiger partial charge in [0, 0.05) is 18.0 Å². The quantitative estimate of drug-likeness (QED) is 0.630. The number of halogens is 1. The molecule has 0 saturated heterocycles. The van der Waals surface area contributed by atoms with E-state index in [2.05, 4.69) is 17.9 Å². The lowest BCUT2D eigenvalue weighted by atomic mass is 10.2. The van der Waals surface area contributed by atoms with Crippen LogP contribution >= 0.6 is 24.2 Å². The fraction of sp³-hybridized carbons (Fsp3) is 0.364. The van der Waals surface area contributed by atoms with Crippen LogP contribution in [0, 0.1) is 0 Å². The average molecular weight is 260 g/mol. The number of carbonyl (C=O) groups is 1. The maximum atomic E-state index is 11.7. The Balaban J connectivity index is 2.55. The summed E-state index contributed by atoms with van der Waals surface area (Å²) in [7, 11) is 0. The van der Waals surface area contributed by atoms with Gasteiger partial charge in [0.05, 0.1) is 17.2 Å². The number of hydrogen-bond donors (Lipinski definition) is 2. The highest BCUT2D eigenvalue weighted by Gasteiger charge is 2.09. The van der Waals surface area contributed by atoms with Crippen LogP contribution in [0.4, 0.5) is 0 Å². The average Bonchev–Trinajstić information content (AvgIpc) is 2.27. The molecule has 0 atom stereocenters. The highest BCUT2D eigenvalue weighted by atomic mass is 35.5. The molecule has 1 aromatic rings. The van der Waals surface area contributed by atoms with E-state index in [0.29, 0.717) is 35.2 Å². The Morgan fingerprint density at radius 2 is 2.31 bits per heavy atom. The molecule has 0 spiro atoms. The molecular weight excluding hydrogens is 246 g/mol. The molecule has 5 heteroatoms. The van der Waals surface area contributed by atoms with Gasteiger partial charge >= 0.3 is 0 Å². The lowest BCUT2D eigenvalue weighted by molar-refractivity contribution is 0.0922. The molecule has 1 amide bonds. The lowest BCUT2D eigenvalue weighted by Gasteiger charge is -2.07. The first-order valence-electron chi connectivity index (χ1n) is 4.99. The Hall–Kier alpha value is -0.710. The van der Waals surface area contributed by atoms with Gasteiger partial charge in [-0.15, -0.1) is 12.6 Å². The van der Waals surface area contributed by atoms with Crippen LogP contribution in [-0.4, -0.2) is 25.7 Å². The van der Waals surface area contributed by atoms with E-state index in [4.69, 9.17) is 16.3 Å². The van der Waals surface area contributed by atoms with Gasteiger partial charge in [-0.3, -0.25) is 4.79 Å². The summed E-state index contributed by atoms with van der Waals surface area (Å²) in [5.74, 6) is -0.208. The molecule has 0 saturated carbocycles. The van der Waals surface area contributed by atoms with Gasteiger partial charge in [-0.1, -0.05) is 11.6 Å². The van der Waals surface area contributed by atoms with Gasteiger partial charge in [0.15, 0.2) is 0 Å². The molecule has 0 aromatic heterocycles. The van der Waals surface area contributed by atoms with Crippen LogP contribution in [0.3, 0.4) is 0 Å². The summed E-state index contributed by atoms with van der Waals surface area (Å²) in [6.45, 7) is 3.52. The third kappa shape index (κ3) is 4.04. The minimum atomic E-state index is -0.208. The monoisotopic (exact) mass is 259 g/mol. The number of nitrogens with one attached hydrogen (secondary N) is 1. The maximum Gasteiger partial charge on any atom is 0.252 e. The zero-order valence-corrected chi connectivity index (χ0v) is 10.6. The fourth-order valence-electron chi connectivity index (χ4n) is 1.16. The maximum absolute atomic E-state index is 11.7. The van der Waals surface area contributed by atoms with Crippen molar-refractivity contribution in [1.82, 2.24) is 5.32 Å². The molecular formula is C11H14ClNO2S. The fourth-order valence-corrected chi connectivity index (χ4v) is 1.57. The van der Waals surface area contributed by atoms with Crippen molar-refractivity contribution in [3.63, 3.8) is 0 Å². The van der Waals surface area contributed by atoms with E-state index in [0.717, 1.165) is 0 Å². The predicted molar refractivity (Wildman–Crippen MR) is 67.5 cm³/mol. The summed E-state index contributed by atoms with van der Waals surface area (Å²) in [6.07, 6.45) is 0. The summed E-state index contributed by atoms with van der Waals surface area (Å²) in [6, 6.07) is 5.03. The number of thiol groups is 1. The molecule has 0 bridgehead atoms. The van der Waals surface area contributed by atoms with Crippen molar-refractivity contribution in [3.8, 4) is 0 Å². The number of rotatable bonds is 5. The van der Waals surface area contributed by atoms with Gasteiger partial charge in [0.25, 0.3) is 5.91 Å². The van der Waals surface area contributed by atoms with Gasteiger partial charge < -0.3 is 10.1 Å². The molecule has 0 unspecified atom stereocenters. The Morgan fingerprint density at radius 1 is 1.56 bits per heavy atom. The molecule has 0 aliphatic heterocycles. The molecule has 88 valence electrons. The molecule has 3 nitrogen and oxygen atoms in total. The van der Waals surface area contributed by atoms with Crippen LogP contribution < -0.4 is 5.32 Å². The zero-order chi connectivity index (χ0) is 12.0. The summed E-state index contributed by atoms with van der Waals surface area (Å²) in [5, 5.41) is 3.14. The van der Waals surface area contributed by atoms with Crippen molar-refractivity contribution in [3.05, 3.63) is 28.8 Å². The topological polar surface area (TPSA) is 38.3 Å². The number of amides is 1. The molecule has 0 heterocycles. The van der Waals surface area contributed by atoms with Crippen LogP contribution in [0.2, 0.25) is 5.02 Å². The second-order valence-corrected chi connectivity index (χ2v) is 4.04. The third-order valence-corrected chi connectivity index (χ3v) is 2.54. The second-order valence-electron chi connectivity index (χ2n) is 3.12. The first-order chi connectivity index (χ1) is 7.65. The van der Waals surface area contributed by atoms with Gasteiger partial charge in [0.2, 0.25) is 0 Å². The minimum absolute atomic E-state index is 0.208. The van der Waals surface area contributed by atoms with Gasteiger partial charge in [-0.25, -0.2) is 0 Å². The predicted octanol–water partition coefficient (Wildman–Crippen LogP) is 2.39. The van der Waals surface area contributed by atoms with E-state index in [1.807, 2.05) is 6.92 Å². The SMILES string of the molecule is CCOCCNC(=O)c1cc(S)ccc1Cl. The zero-order valence-electron chi connectivity index (χ0n) is 9.00.